The molecule has 6 heteroatoms. The van der Waals surface area contributed by atoms with Crippen molar-refractivity contribution < 1.29 is 24.4 Å². The van der Waals surface area contributed by atoms with E-state index < -0.39 is 13.1 Å². The Morgan fingerprint density at radius 1 is 1.61 bits per heavy atom. The van der Waals surface area contributed by atoms with Gasteiger partial charge >= 0.3 is 13.1 Å². The number of carboxylic acid groups (broad SMARTS) is 1. The van der Waals surface area contributed by atoms with E-state index in [1.165, 1.54) is 0 Å². The Kier molecular flexibility index (Phi) is 3.38. The molecule has 5 nitrogen and oxygen atoms in total. The Balaban J connectivity index is 2.44. The minimum atomic E-state index is -1.14. The smallest absolute Gasteiger partial charge is 0.526 e. The van der Waals surface area contributed by atoms with Crippen molar-refractivity contribution in [1.29, 1.82) is 0 Å². The number of aldehydes is 1. The molecule has 0 aromatic heterocycles. The molecule has 1 aromatic rings. The maximum absolute atomic E-state index is 11.2. The molecule has 1 aliphatic rings. The Hall–Kier alpha value is -1.82. The molecular formula is C12H13BO5. The largest absolute Gasteiger partial charge is 0.535 e. The third-order valence-corrected chi connectivity index (χ3v) is 3.18. The topological polar surface area (TPSA) is 83.8 Å². The maximum Gasteiger partial charge on any atom is 0.526 e. The van der Waals surface area contributed by atoms with Crippen LogP contribution in [0.1, 0.15) is 27.9 Å². The first-order chi connectivity index (χ1) is 8.54. The van der Waals surface area contributed by atoms with Crippen LogP contribution in [0.3, 0.4) is 0 Å². The first-order valence-corrected chi connectivity index (χ1v) is 5.68. The molecule has 0 amide bonds. The number of aromatic carboxylic acids is 1. The van der Waals surface area contributed by atoms with Crippen molar-refractivity contribution in [3.63, 3.8) is 0 Å². The maximum atomic E-state index is 11.2. The van der Waals surface area contributed by atoms with Gasteiger partial charge in [-0.25, -0.2) is 4.79 Å². The zero-order valence-electron chi connectivity index (χ0n) is 9.92. The predicted octanol–water partition coefficient (Wildman–Crippen LogP) is 1.07. The molecule has 0 spiro atoms. The summed E-state index contributed by atoms with van der Waals surface area (Å²) in [5, 5.41) is 18.9. The molecule has 1 aliphatic heterocycles. The van der Waals surface area contributed by atoms with E-state index in [2.05, 4.69) is 0 Å². The Morgan fingerprint density at radius 3 is 2.94 bits per heavy atom. The summed E-state index contributed by atoms with van der Waals surface area (Å²) in [7, 11) is -1.14. The molecule has 0 fully saturated rings. The summed E-state index contributed by atoms with van der Waals surface area (Å²) in [4.78, 5) is 21.7. The van der Waals surface area contributed by atoms with Gasteiger partial charge in [-0.3, -0.25) is 0 Å². The third kappa shape index (κ3) is 2.11. The van der Waals surface area contributed by atoms with Gasteiger partial charge in [0.15, 0.2) is 0 Å². The van der Waals surface area contributed by atoms with E-state index in [4.69, 9.17) is 9.76 Å². The molecule has 18 heavy (non-hydrogen) atoms. The summed E-state index contributed by atoms with van der Waals surface area (Å²) in [6, 6.07) is 3.49. The number of aryl methyl sites for hydroxylation is 1. The molecule has 0 radical (unpaired) electrons. The second-order valence-corrected chi connectivity index (χ2v) is 4.43. The van der Waals surface area contributed by atoms with Gasteiger partial charge in [0.2, 0.25) is 0 Å². The first-order valence-electron chi connectivity index (χ1n) is 5.68. The van der Waals surface area contributed by atoms with E-state index in [-0.39, 0.29) is 23.6 Å². The van der Waals surface area contributed by atoms with Crippen molar-refractivity contribution in [2.75, 3.05) is 0 Å². The number of rotatable bonds is 3. The molecule has 1 aromatic carbocycles. The van der Waals surface area contributed by atoms with E-state index in [9.17, 15) is 14.6 Å². The minimum Gasteiger partial charge on any atom is -0.535 e. The van der Waals surface area contributed by atoms with Gasteiger partial charge in [-0.15, -0.1) is 0 Å². The molecule has 2 rings (SSSR count). The fourth-order valence-corrected chi connectivity index (χ4v) is 2.21. The molecule has 0 unspecified atom stereocenters. The summed E-state index contributed by atoms with van der Waals surface area (Å²) >= 11 is 0. The zero-order chi connectivity index (χ0) is 13.3. The summed E-state index contributed by atoms with van der Waals surface area (Å²) in [5.41, 5.74) is 1.38. The van der Waals surface area contributed by atoms with Crippen LogP contribution in [0.15, 0.2) is 12.1 Å². The lowest BCUT2D eigenvalue weighted by Gasteiger charge is -2.27. The quantitative estimate of drug-likeness (QED) is 0.617. The molecule has 0 saturated heterocycles. The number of carbonyl (C=O) groups is 2. The van der Waals surface area contributed by atoms with Gasteiger partial charge in [-0.2, -0.15) is 0 Å². The van der Waals surface area contributed by atoms with Crippen molar-refractivity contribution in [3.8, 4) is 5.75 Å². The van der Waals surface area contributed by atoms with Crippen LogP contribution in [0.5, 0.6) is 5.75 Å². The van der Waals surface area contributed by atoms with Gasteiger partial charge in [0, 0.05) is 12.2 Å². The van der Waals surface area contributed by atoms with Crippen LogP contribution in [-0.4, -0.2) is 29.5 Å². The highest BCUT2D eigenvalue weighted by Gasteiger charge is 2.36. The van der Waals surface area contributed by atoms with Crippen LogP contribution in [-0.2, 0) is 11.2 Å². The Bertz CT molecular complexity index is 499. The zero-order valence-corrected chi connectivity index (χ0v) is 9.92. The van der Waals surface area contributed by atoms with E-state index in [0.717, 1.165) is 11.8 Å². The van der Waals surface area contributed by atoms with Crippen LogP contribution < -0.4 is 4.65 Å². The average molecular weight is 248 g/mol. The van der Waals surface area contributed by atoms with Crippen molar-refractivity contribution in [3.05, 3.63) is 28.8 Å². The summed E-state index contributed by atoms with van der Waals surface area (Å²) in [6.45, 7) is 1.68. The van der Waals surface area contributed by atoms with Crippen LogP contribution in [0.25, 0.3) is 0 Å². The number of hydrogen-bond acceptors (Lipinski definition) is 4. The van der Waals surface area contributed by atoms with Crippen LogP contribution >= 0.6 is 0 Å². The molecule has 1 atom stereocenters. The van der Waals surface area contributed by atoms with Gasteiger partial charge < -0.3 is 19.6 Å². The minimum absolute atomic E-state index is 0.0797. The van der Waals surface area contributed by atoms with Crippen molar-refractivity contribution in [2.24, 2.45) is 0 Å². The second-order valence-electron chi connectivity index (χ2n) is 4.43. The van der Waals surface area contributed by atoms with Crippen molar-refractivity contribution in [1.82, 2.24) is 0 Å². The van der Waals surface area contributed by atoms with Crippen LogP contribution in [0.2, 0.25) is 5.82 Å². The van der Waals surface area contributed by atoms with Crippen LogP contribution in [0.4, 0.5) is 0 Å². The SMILES string of the molecule is Cc1ccc2c(c1C(=O)O)OB(O)[C@@H](CC=O)C2. The first kappa shape index (κ1) is 12.6. The Morgan fingerprint density at radius 2 is 2.33 bits per heavy atom. The van der Waals surface area contributed by atoms with Gasteiger partial charge in [0.05, 0.1) is 0 Å². The summed E-state index contributed by atoms with van der Waals surface area (Å²) < 4.78 is 5.29. The molecule has 2 N–H and O–H groups in total. The predicted molar refractivity (Wildman–Crippen MR) is 64.9 cm³/mol. The van der Waals surface area contributed by atoms with Crippen LogP contribution in [0, 0.1) is 6.92 Å². The highest BCUT2D eigenvalue weighted by molar-refractivity contribution is 6.46. The van der Waals surface area contributed by atoms with Crippen molar-refractivity contribution >= 4 is 19.4 Å². The van der Waals surface area contributed by atoms with E-state index in [1.54, 1.807) is 19.1 Å². The fraction of sp³-hybridized carbons (Fsp3) is 0.333. The van der Waals surface area contributed by atoms with Gasteiger partial charge in [-0.1, -0.05) is 12.1 Å². The lowest BCUT2D eigenvalue weighted by atomic mass is 9.65. The monoisotopic (exact) mass is 248 g/mol. The number of benzene rings is 1. The lowest BCUT2D eigenvalue weighted by Crippen LogP contribution is -2.35. The highest BCUT2D eigenvalue weighted by atomic mass is 16.5. The normalized spacial score (nSPS) is 17.9. The molecule has 1 heterocycles. The highest BCUT2D eigenvalue weighted by Crippen LogP contribution is 2.37. The molecular weight excluding hydrogens is 235 g/mol. The number of hydrogen-bond donors (Lipinski definition) is 2. The molecule has 0 bridgehead atoms. The number of carboxylic acids is 1. The van der Waals surface area contributed by atoms with E-state index >= 15 is 0 Å². The fourth-order valence-electron chi connectivity index (χ4n) is 2.21. The van der Waals surface area contributed by atoms with Crippen molar-refractivity contribution in [2.45, 2.75) is 25.6 Å². The molecule has 0 aliphatic carbocycles. The standard InChI is InChI=1S/C12H13BO5/c1-7-2-3-8-6-9(4-5-14)13(17)18-11(8)10(7)12(15)16/h2-3,5,9,17H,4,6H2,1H3,(H,15,16)/t9-/m0/s1. The van der Waals surface area contributed by atoms with Gasteiger partial charge in [0.1, 0.15) is 17.6 Å². The average Bonchev–Trinajstić information content (AvgIpc) is 2.30. The van der Waals surface area contributed by atoms with E-state index in [0.29, 0.717) is 12.0 Å². The lowest BCUT2D eigenvalue weighted by molar-refractivity contribution is -0.108. The third-order valence-electron chi connectivity index (χ3n) is 3.18. The molecule has 0 saturated carbocycles. The number of fused-ring (bicyclic) bond motifs is 1. The Labute approximate surface area is 105 Å². The van der Waals surface area contributed by atoms with Gasteiger partial charge in [0.25, 0.3) is 0 Å². The second kappa shape index (κ2) is 4.82. The van der Waals surface area contributed by atoms with Gasteiger partial charge in [-0.05, 0) is 24.5 Å². The summed E-state index contributed by atoms with van der Waals surface area (Å²) in [5.74, 6) is -1.18. The molecule has 94 valence electrons. The van der Waals surface area contributed by atoms with E-state index in [1.807, 2.05) is 0 Å². The number of carbonyl (C=O) groups excluding carboxylic acids is 1. The summed E-state index contributed by atoms with van der Waals surface area (Å²) in [6.07, 6.45) is 1.36.